The van der Waals surface area contributed by atoms with Gasteiger partial charge in [-0.1, -0.05) is 6.07 Å². The molecule has 1 heterocycles. The number of pyridine rings is 1. The summed E-state index contributed by atoms with van der Waals surface area (Å²) in [5.74, 6) is 0. The van der Waals surface area contributed by atoms with E-state index in [1.165, 1.54) is 4.31 Å². The van der Waals surface area contributed by atoms with Crippen LogP contribution in [-0.4, -0.2) is 29.0 Å². The van der Waals surface area contributed by atoms with E-state index in [1.807, 2.05) is 19.9 Å². The first-order chi connectivity index (χ1) is 7.47. The van der Waals surface area contributed by atoms with E-state index in [-0.39, 0.29) is 12.6 Å². The Morgan fingerprint density at radius 2 is 2.12 bits per heavy atom. The summed E-state index contributed by atoms with van der Waals surface area (Å²) in [6.45, 7) is 3.88. The SMILES string of the molecule is CC(C)N(Cc1ccccn1)S(=O)(=O)CCl. The maximum Gasteiger partial charge on any atom is 0.228 e. The van der Waals surface area contributed by atoms with Crippen LogP contribution in [0.1, 0.15) is 19.5 Å². The van der Waals surface area contributed by atoms with Crippen molar-refractivity contribution < 1.29 is 8.42 Å². The van der Waals surface area contributed by atoms with Crippen LogP contribution in [0.25, 0.3) is 0 Å². The molecule has 1 rings (SSSR count). The third-order valence-electron chi connectivity index (χ3n) is 2.12. The summed E-state index contributed by atoms with van der Waals surface area (Å²) in [5, 5.41) is -0.405. The van der Waals surface area contributed by atoms with Crippen LogP contribution in [-0.2, 0) is 16.6 Å². The van der Waals surface area contributed by atoms with Gasteiger partial charge in [-0.15, -0.1) is 11.6 Å². The summed E-state index contributed by atoms with van der Waals surface area (Å²) in [6, 6.07) is 5.28. The molecule has 1 aromatic heterocycles. The van der Waals surface area contributed by atoms with Crippen molar-refractivity contribution >= 4 is 21.6 Å². The first kappa shape index (κ1) is 13.4. The van der Waals surface area contributed by atoms with Crippen molar-refractivity contribution in [2.75, 3.05) is 5.21 Å². The Morgan fingerprint density at radius 1 is 1.44 bits per heavy atom. The van der Waals surface area contributed by atoms with Crippen LogP contribution in [0.2, 0.25) is 0 Å². The Balaban J connectivity index is 2.90. The van der Waals surface area contributed by atoms with E-state index < -0.39 is 15.2 Å². The average Bonchev–Trinajstić information content (AvgIpc) is 2.26. The van der Waals surface area contributed by atoms with Gasteiger partial charge in [-0.2, -0.15) is 4.31 Å². The molecule has 0 N–H and O–H groups in total. The Kier molecular flexibility index (Phi) is 4.70. The van der Waals surface area contributed by atoms with Gasteiger partial charge >= 0.3 is 0 Å². The standard InChI is InChI=1S/C10H15ClN2O2S/c1-9(2)13(16(14,15)8-11)7-10-5-3-4-6-12-10/h3-6,9H,7-8H2,1-2H3. The lowest BCUT2D eigenvalue weighted by Crippen LogP contribution is -2.37. The summed E-state index contributed by atoms with van der Waals surface area (Å²) >= 11 is 5.45. The van der Waals surface area contributed by atoms with Gasteiger partial charge in [-0.3, -0.25) is 4.98 Å². The normalized spacial score (nSPS) is 12.3. The number of hydrogen-bond acceptors (Lipinski definition) is 3. The average molecular weight is 263 g/mol. The minimum Gasteiger partial charge on any atom is -0.260 e. The second-order valence-corrected chi connectivity index (χ2v) is 6.19. The van der Waals surface area contributed by atoms with Gasteiger partial charge in [0, 0.05) is 12.2 Å². The number of halogens is 1. The highest BCUT2D eigenvalue weighted by Crippen LogP contribution is 2.13. The molecule has 0 saturated heterocycles. The minimum atomic E-state index is -3.40. The third-order valence-corrected chi connectivity index (χ3v) is 4.48. The number of alkyl halides is 1. The molecular formula is C10H15ClN2O2S. The molecule has 6 heteroatoms. The van der Waals surface area contributed by atoms with Gasteiger partial charge < -0.3 is 0 Å². The Morgan fingerprint density at radius 3 is 2.56 bits per heavy atom. The molecule has 0 radical (unpaired) electrons. The molecule has 0 spiro atoms. The summed E-state index contributed by atoms with van der Waals surface area (Å²) in [6.07, 6.45) is 1.64. The maximum absolute atomic E-state index is 11.7. The molecule has 90 valence electrons. The molecule has 1 aromatic rings. The van der Waals surface area contributed by atoms with Gasteiger partial charge in [-0.25, -0.2) is 8.42 Å². The lowest BCUT2D eigenvalue weighted by molar-refractivity contribution is 0.347. The molecule has 0 atom stereocenters. The highest BCUT2D eigenvalue weighted by molar-refractivity contribution is 7.90. The maximum atomic E-state index is 11.7. The van der Waals surface area contributed by atoms with E-state index in [0.717, 1.165) is 0 Å². The van der Waals surface area contributed by atoms with Crippen molar-refractivity contribution in [3.63, 3.8) is 0 Å². The molecular weight excluding hydrogens is 248 g/mol. The monoisotopic (exact) mass is 262 g/mol. The highest BCUT2D eigenvalue weighted by Gasteiger charge is 2.24. The van der Waals surface area contributed by atoms with Gasteiger partial charge in [0.2, 0.25) is 10.0 Å². The molecule has 0 bridgehead atoms. The van der Waals surface area contributed by atoms with E-state index in [2.05, 4.69) is 4.98 Å². The van der Waals surface area contributed by atoms with Crippen LogP contribution in [0.15, 0.2) is 24.4 Å². The fourth-order valence-corrected chi connectivity index (χ4v) is 2.79. The molecule has 4 nitrogen and oxygen atoms in total. The first-order valence-corrected chi connectivity index (χ1v) is 7.07. The number of nitrogens with zero attached hydrogens (tertiary/aromatic N) is 2. The zero-order chi connectivity index (χ0) is 12.2. The van der Waals surface area contributed by atoms with E-state index in [4.69, 9.17) is 11.6 Å². The molecule has 0 aliphatic heterocycles. The van der Waals surface area contributed by atoms with Crippen LogP contribution in [0.3, 0.4) is 0 Å². The van der Waals surface area contributed by atoms with Crippen molar-refractivity contribution in [1.29, 1.82) is 0 Å². The first-order valence-electron chi connectivity index (χ1n) is 4.93. The van der Waals surface area contributed by atoms with Crippen molar-refractivity contribution in [3.05, 3.63) is 30.1 Å². The number of rotatable bonds is 5. The third kappa shape index (κ3) is 3.43. The fourth-order valence-electron chi connectivity index (χ4n) is 1.32. The molecule has 0 unspecified atom stereocenters. The van der Waals surface area contributed by atoms with Gasteiger partial charge in [0.15, 0.2) is 0 Å². The van der Waals surface area contributed by atoms with Crippen LogP contribution < -0.4 is 0 Å². The second kappa shape index (κ2) is 5.61. The smallest absolute Gasteiger partial charge is 0.228 e. The lowest BCUT2D eigenvalue weighted by Gasteiger charge is -2.24. The summed E-state index contributed by atoms with van der Waals surface area (Å²) < 4.78 is 24.8. The molecule has 0 aliphatic carbocycles. The molecule has 0 fully saturated rings. The van der Waals surface area contributed by atoms with Crippen molar-refractivity contribution in [3.8, 4) is 0 Å². The number of sulfonamides is 1. The van der Waals surface area contributed by atoms with E-state index >= 15 is 0 Å². The van der Waals surface area contributed by atoms with Crippen LogP contribution in [0.4, 0.5) is 0 Å². The fraction of sp³-hybridized carbons (Fsp3) is 0.500. The van der Waals surface area contributed by atoms with Crippen LogP contribution in [0, 0.1) is 0 Å². The van der Waals surface area contributed by atoms with Gasteiger partial charge in [0.25, 0.3) is 0 Å². The molecule has 0 saturated carbocycles. The van der Waals surface area contributed by atoms with Crippen LogP contribution in [0.5, 0.6) is 0 Å². The van der Waals surface area contributed by atoms with E-state index in [1.54, 1.807) is 18.3 Å². The quantitative estimate of drug-likeness (QED) is 0.761. The van der Waals surface area contributed by atoms with Crippen LogP contribution >= 0.6 is 11.6 Å². The van der Waals surface area contributed by atoms with Gasteiger partial charge in [0.05, 0.1) is 12.2 Å². The molecule has 0 aromatic carbocycles. The Bertz CT molecular complexity index is 420. The zero-order valence-corrected chi connectivity index (χ0v) is 10.9. The van der Waals surface area contributed by atoms with Gasteiger partial charge in [-0.05, 0) is 26.0 Å². The minimum absolute atomic E-state index is 0.134. The molecule has 0 aliphatic rings. The van der Waals surface area contributed by atoms with Gasteiger partial charge in [0.1, 0.15) is 5.21 Å². The summed E-state index contributed by atoms with van der Waals surface area (Å²) in [4.78, 5) is 4.10. The van der Waals surface area contributed by atoms with E-state index in [9.17, 15) is 8.42 Å². The highest BCUT2D eigenvalue weighted by atomic mass is 35.5. The topological polar surface area (TPSA) is 50.3 Å². The predicted molar refractivity (Wildman–Crippen MR) is 64.6 cm³/mol. The Labute approximate surface area is 101 Å². The summed E-state index contributed by atoms with van der Waals surface area (Å²) in [5.41, 5.74) is 0.713. The van der Waals surface area contributed by atoms with Crippen molar-refractivity contribution in [2.24, 2.45) is 0 Å². The Hall–Kier alpha value is -0.650. The lowest BCUT2D eigenvalue weighted by atomic mass is 10.3. The predicted octanol–water partition coefficient (Wildman–Crippen LogP) is 1.82. The van der Waals surface area contributed by atoms with Crippen molar-refractivity contribution in [2.45, 2.75) is 26.4 Å². The second-order valence-electron chi connectivity index (χ2n) is 3.68. The molecule has 16 heavy (non-hydrogen) atoms. The largest absolute Gasteiger partial charge is 0.260 e. The number of hydrogen-bond donors (Lipinski definition) is 0. The molecule has 0 amide bonds. The van der Waals surface area contributed by atoms with Crippen molar-refractivity contribution in [1.82, 2.24) is 9.29 Å². The zero-order valence-electron chi connectivity index (χ0n) is 9.30. The van der Waals surface area contributed by atoms with E-state index in [0.29, 0.717) is 5.69 Å². The summed E-state index contributed by atoms with van der Waals surface area (Å²) in [7, 11) is -3.40. The number of aromatic nitrogens is 1.